The summed E-state index contributed by atoms with van der Waals surface area (Å²) >= 11 is 1.60. The number of guanidine groups is 1. The fourth-order valence-electron chi connectivity index (χ4n) is 2.90. The van der Waals surface area contributed by atoms with Crippen molar-refractivity contribution in [3.05, 3.63) is 29.5 Å². The predicted molar refractivity (Wildman–Crippen MR) is 112 cm³/mol. The van der Waals surface area contributed by atoms with Gasteiger partial charge in [-0.05, 0) is 24.3 Å². The quantitative estimate of drug-likeness (QED) is 0.307. The predicted octanol–water partition coefficient (Wildman–Crippen LogP) is 2.98. The van der Waals surface area contributed by atoms with Crippen molar-refractivity contribution in [2.45, 2.75) is 19.4 Å². The molecular weight excluding hydrogens is 467 g/mol. The van der Waals surface area contributed by atoms with Gasteiger partial charge in [0.1, 0.15) is 6.26 Å². The van der Waals surface area contributed by atoms with E-state index in [9.17, 15) is 4.79 Å². The van der Waals surface area contributed by atoms with Crippen LogP contribution in [-0.2, 0) is 16.1 Å². The van der Waals surface area contributed by atoms with E-state index in [0.717, 1.165) is 42.5 Å². The Bertz CT molecular complexity index is 724. The fourth-order valence-corrected chi connectivity index (χ4v) is 3.55. The summed E-state index contributed by atoms with van der Waals surface area (Å²) in [5.74, 6) is 1.32. The zero-order valence-electron chi connectivity index (χ0n) is 14.8. The largest absolute Gasteiger partial charge is 0.469 e. The molecule has 0 atom stereocenters. The highest BCUT2D eigenvalue weighted by Gasteiger charge is 2.27. The van der Waals surface area contributed by atoms with Crippen molar-refractivity contribution in [1.82, 2.24) is 15.2 Å². The minimum absolute atomic E-state index is 0. The lowest BCUT2D eigenvalue weighted by atomic mass is 9.97. The number of nitrogens with one attached hydrogen (secondary N) is 1. The summed E-state index contributed by atoms with van der Waals surface area (Å²) in [6, 6.07) is 3.96. The number of rotatable bonds is 4. The average molecular weight is 490 g/mol. The Hall–Kier alpha value is -1.62. The molecule has 3 heterocycles. The van der Waals surface area contributed by atoms with Gasteiger partial charge in [-0.3, -0.25) is 9.79 Å². The molecule has 0 spiro atoms. The molecule has 0 aliphatic carbocycles. The number of likely N-dealkylation sites (tertiary alicyclic amines) is 1. The van der Waals surface area contributed by atoms with Crippen molar-refractivity contribution < 1.29 is 13.9 Å². The Labute approximate surface area is 173 Å². The van der Waals surface area contributed by atoms with E-state index in [1.54, 1.807) is 24.6 Å². The Morgan fingerprint density at radius 2 is 2.27 bits per heavy atom. The van der Waals surface area contributed by atoms with Crippen molar-refractivity contribution in [2.24, 2.45) is 10.9 Å². The van der Waals surface area contributed by atoms with Gasteiger partial charge in [-0.2, -0.15) is 0 Å². The fraction of sp³-hybridized carbons (Fsp3) is 0.471. The van der Waals surface area contributed by atoms with E-state index in [1.165, 1.54) is 7.11 Å². The van der Waals surface area contributed by atoms with Crippen LogP contribution in [0.4, 0.5) is 0 Å². The average Bonchev–Trinajstić information content (AvgIpc) is 3.33. The van der Waals surface area contributed by atoms with Crippen LogP contribution in [0.2, 0.25) is 0 Å². The smallest absolute Gasteiger partial charge is 0.308 e. The minimum atomic E-state index is -0.119. The third-order valence-electron chi connectivity index (χ3n) is 4.25. The summed E-state index contributed by atoms with van der Waals surface area (Å²) in [5, 5.41) is 5.31. The van der Waals surface area contributed by atoms with Crippen molar-refractivity contribution >= 4 is 47.2 Å². The van der Waals surface area contributed by atoms with Gasteiger partial charge in [-0.25, -0.2) is 4.98 Å². The molecule has 2 aromatic heterocycles. The molecular formula is C17H23IN4O3S. The first-order valence-electron chi connectivity index (χ1n) is 8.23. The topological polar surface area (TPSA) is 80.0 Å². The van der Waals surface area contributed by atoms with Crippen LogP contribution in [0.15, 0.2) is 33.2 Å². The highest BCUT2D eigenvalue weighted by molar-refractivity contribution is 14.0. The zero-order chi connectivity index (χ0) is 17.6. The van der Waals surface area contributed by atoms with Crippen LogP contribution in [0.5, 0.6) is 0 Å². The summed E-state index contributed by atoms with van der Waals surface area (Å²) in [4.78, 5) is 23.6. The molecule has 1 N–H and O–H groups in total. The number of hydrogen-bond donors (Lipinski definition) is 1. The van der Waals surface area contributed by atoms with Crippen molar-refractivity contribution in [2.75, 3.05) is 27.2 Å². The number of piperidine rings is 1. The molecule has 142 valence electrons. The van der Waals surface area contributed by atoms with E-state index >= 15 is 0 Å². The first-order valence-corrected chi connectivity index (χ1v) is 9.11. The number of nitrogens with zero attached hydrogens (tertiary/aromatic N) is 3. The van der Waals surface area contributed by atoms with Gasteiger partial charge in [0.2, 0.25) is 5.89 Å². The maximum Gasteiger partial charge on any atom is 0.308 e. The molecule has 26 heavy (non-hydrogen) atoms. The van der Waals surface area contributed by atoms with Gasteiger partial charge in [0.05, 0.1) is 30.1 Å². The van der Waals surface area contributed by atoms with Crippen LogP contribution in [0, 0.1) is 5.92 Å². The molecule has 1 aliphatic heterocycles. The number of carbonyl (C=O) groups excluding carboxylic acids is 1. The molecule has 0 aromatic carbocycles. The molecule has 0 saturated carbocycles. The SMILES string of the molecule is CN=C(NCc1coc(-c2cccs2)n1)N1CCC(C(=O)OC)CC1.I. The number of halogens is 1. The van der Waals surface area contributed by atoms with E-state index in [4.69, 9.17) is 9.15 Å². The second kappa shape index (κ2) is 9.91. The second-order valence-electron chi connectivity index (χ2n) is 5.81. The monoisotopic (exact) mass is 490 g/mol. The molecule has 0 unspecified atom stereocenters. The molecule has 0 bridgehead atoms. The van der Waals surface area contributed by atoms with E-state index in [-0.39, 0.29) is 35.9 Å². The van der Waals surface area contributed by atoms with Crippen LogP contribution >= 0.6 is 35.3 Å². The van der Waals surface area contributed by atoms with Gasteiger partial charge in [0, 0.05) is 20.1 Å². The maximum absolute atomic E-state index is 11.6. The molecule has 9 heteroatoms. The lowest BCUT2D eigenvalue weighted by molar-refractivity contribution is -0.146. The molecule has 3 rings (SSSR count). The number of aliphatic imine (C=N–C) groups is 1. The van der Waals surface area contributed by atoms with Gasteiger partial charge < -0.3 is 19.4 Å². The number of thiophene rings is 1. The van der Waals surface area contributed by atoms with E-state index in [2.05, 4.69) is 20.2 Å². The molecule has 1 fully saturated rings. The van der Waals surface area contributed by atoms with Crippen LogP contribution in [0.25, 0.3) is 10.8 Å². The number of aromatic nitrogens is 1. The third kappa shape index (κ3) is 4.97. The molecule has 1 aliphatic rings. The van der Waals surface area contributed by atoms with Crippen LogP contribution in [-0.4, -0.2) is 49.1 Å². The Morgan fingerprint density at radius 1 is 1.50 bits per heavy atom. The Balaban J connectivity index is 0.00000243. The maximum atomic E-state index is 11.6. The standard InChI is InChI=1S/C17H22N4O3S.HI/c1-18-17(21-7-5-12(6-8-21)16(22)23-2)19-10-13-11-24-15(20-13)14-4-3-9-25-14;/h3-4,9,11-12H,5-8,10H2,1-2H3,(H,18,19);1H. The van der Waals surface area contributed by atoms with Gasteiger partial charge >= 0.3 is 5.97 Å². The lowest BCUT2D eigenvalue weighted by Crippen LogP contribution is -2.46. The van der Waals surface area contributed by atoms with Crippen molar-refractivity contribution in [3.8, 4) is 10.8 Å². The summed E-state index contributed by atoms with van der Waals surface area (Å²) < 4.78 is 10.4. The van der Waals surface area contributed by atoms with Crippen molar-refractivity contribution in [3.63, 3.8) is 0 Å². The van der Waals surface area contributed by atoms with Crippen LogP contribution in [0.3, 0.4) is 0 Å². The summed E-state index contributed by atoms with van der Waals surface area (Å²) in [6.45, 7) is 2.09. The summed E-state index contributed by atoms with van der Waals surface area (Å²) in [6.07, 6.45) is 3.22. The second-order valence-corrected chi connectivity index (χ2v) is 6.75. The first kappa shape index (κ1) is 20.7. The highest BCUT2D eigenvalue weighted by Crippen LogP contribution is 2.23. The number of oxazole rings is 1. The van der Waals surface area contributed by atoms with Crippen LogP contribution < -0.4 is 5.32 Å². The number of carbonyl (C=O) groups is 1. The van der Waals surface area contributed by atoms with Crippen LogP contribution in [0.1, 0.15) is 18.5 Å². The molecule has 0 radical (unpaired) electrons. The van der Waals surface area contributed by atoms with E-state index in [0.29, 0.717) is 12.4 Å². The minimum Gasteiger partial charge on any atom is -0.469 e. The van der Waals surface area contributed by atoms with E-state index < -0.39 is 0 Å². The zero-order valence-corrected chi connectivity index (χ0v) is 18.0. The Kier molecular flexibility index (Phi) is 7.88. The summed E-state index contributed by atoms with van der Waals surface area (Å²) in [5.41, 5.74) is 0.828. The van der Waals surface area contributed by atoms with Crippen molar-refractivity contribution in [1.29, 1.82) is 0 Å². The molecule has 7 nitrogen and oxygen atoms in total. The van der Waals surface area contributed by atoms with Gasteiger partial charge in [0.25, 0.3) is 0 Å². The normalized spacial score (nSPS) is 15.5. The Morgan fingerprint density at radius 3 is 2.88 bits per heavy atom. The lowest BCUT2D eigenvalue weighted by Gasteiger charge is -2.33. The number of methoxy groups -OCH3 is 1. The van der Waals surface area contributed by atoms with E-state index in [1.807, 2.05) is 17.5 Å². The molecule has 2 aromatic rings. The number of hydrogen-bond acceptors (Lipinski definition) is 6. The molecule has 0 amide bonds. The third-order valence-corrected chi connectivity index (χ3v) is 5.11. The number of esters is 1. The molecule has 1 saturated heterocycles. The number of ether oxygens (including phenoxy) is 1. The van der Waals surface area contributed by atoms with Gasteiger partial charge in [0.15, 0.2) is 5.96 Å². The highest BCUT2D eigenvalue weighted by atomic mass is 127. The van der Waals surface area contributed by atoms with Gasteiger partial charge in [-0.1, -0.05) is 6.07 Å². The first-order chi connectivity index (χ1) is 12.2. The van der Waals surface area contributed by atoms with Gasteiger partial charge in [-0.15, -0.1) is 35.3 Å². The summed E-state index contributed by atoms with van der Waals surface area (Å²) in [7, 11) is 3.20.